The number of amides is 1. The summed E-state index contributed by atoms with van der Waals surface area (Å²) in [5.41, 5.74) is 2.48. The van der Waals surface area contributed by atoms with Gasteiger partial charge in [0.25, 0.3) is 5.91 Å². The van der Waals surface area contributed by atoms with Gasteiger partial charge in [-0.1, -0.05) is 18.0 Å². The van der Waals surface area contributed by atoms with Crippen molar-refractivity contribution in [3.8, 4) is 11.5 Å². The van der Waals surface area contributed by atoms with Crippen LogP contribution in [0.3, 0.4) is 0 Å². The summed E-state index contributed by atoms with van der Waals surface area (Å²) in [6.45, 7) is 0.390. The fourth-order valence-electron chi connectivity index (χ4n) is 3.85. The van der Waals surface area contributed by atoms with Crippen LogP contribution in [0.1, 0.15) is 72.4 Å². The fourth-order valence-corrected chi connectivity index (χ4v) is 3.85. The first-order valence-corrected chi connectivity index (χ1v) is 9.65. The van der Waals surface area contributed by atoms with E-state index in [0.717, 1.165) is 5.69 Å². The van der Waals surface area contributed by atoms with Crippen molar-refractivity contribution in [3.05, 3.63) is 47.6 Å². The van der Waals surface area contributed by atoms with Crippen LogP contribution in [0.4, 0.5) is 0 Å². The van der Waals surface area contributed by atoms with Gasteiger partial charge in [0.1, 0.15) is 0 Å². The van der Waals surface area contributed by atoms with E-state index in [4.69, 9.17) is 14.0 Å². The zero-order valence-corrected chi connectivity index (χ0v) is 15.1. The second kappa shape index (κ2) is 6.72. The first kappa shape index (κ1) is 16.4. The minimum absolute atomic E-state index is 0.235. The highest BCUT2D eigenvalue weighted by Gasteiger charge is 2.31. The van der Waals surface area contributed by atoms with E-state index in [1.165, 1.54) is 44.2 Å². The van der Waals surface area contributed by atoms with Crippen molar-refractivity contribution in [2.24, 2.45) is 0 Å². The summed E-state index contributed by atoms with van der Waals surface area (Å²) in [4.78, 5) is 12.4. The molecule has 0 saturated heterocycles. The number of hydrogen-bond donors (Lipinski definition) is 1. The smallest absolute Gasteiger partial charge is 0.273 e. The Bertz CT molecular complexity index is 931. The topological polar surface area (TPSA) is 86.1 Å². The van der Waals surface area contributed by atoms with Gasteiger partial charge in [0, 0.05) is 17.7 Å². The molecule has 0 unspecified atom stereocenters. The molecule has 5 rings (SSSR count). The van der Waals surface area contributed by atoms with Gasteiger partial charge in [-0.3, -0.25) is 9.48 Å². The lowest BCUT2D eigenvalue weighted by Crippen LogP contribution is -2.23. The molecule has 3 aromatic heterocycles. The minimum atomic E-state index is -0.278. The Morgan fingerprint density at radius 3 is 2.78 bits per heavy atom. The van der Waals surface area contributed by atoms with Crippen LogP contribution in [0.2, 0.25) is 0 Å². The molecular weight excluding hydrogens is 344 g/mol. The number of hydrogen-bond acceptors (Lipinski definition) is 5. The lowest BCUT2D eigenvalue weighted by molar-refractivity contribution is 0.0941. The van der Waals surface area contributed by atoms with Gasteiger partial charge in [-0.2, -0.15) is 5.10 Å². The molecule has 1 N–H and O–H groups in total. The number of nitrogens with zero attached hydrogens (tertiary/aromatic N) is 3. The molecule has 27 heavy (non-hydrogen) atoms. The molecular formula is C20H22N4O3. The molecule has 0 atom stereocenters. The normalized spacial score (nSPS) is 17.5. The number of carbonyl (C=O) groups is 1. The van der Waals surface area contributed by atoms with E-state index < -0.39 is 0 Å². The van der Waals surface area contributed by atoms with Crippen LogP contribution in [0.5, 0.6) is 0 Å². The van der Waals surface area contributed by atoms with E-state index in [1.807, 2.05) is 0 Å². The fraction of sp³-hybridized carbons (Fsp3) is 0.450. The molecule has 1 amide bonds. The summed E-state index contributed by atoms with van der Waals surface area (Å²) >= 11 is 0. The molecule has 0 aliphatic heterocycles. The SMILES string of the molecule is O=C(NCc1cc(C2CC2)n(C2CCCC2)n1)c1cc(-c2ccco2)on1. The highest BCUT2D eigenvalue weighted by Crippen LogP contribution is 2.43. The quantitative estimate of drug-likeness (QED) is 0.711. The first-order valence-electron chi connectivity index (χ1n) is 9.65. The minimum Gasteiger partial charge on any atom is -0.461 e. The molecule has 3 heterocycles. The highest BCUT2D eigenvalue weighted by molar-refractivity contribution is 5.92. The second-order valence-corrected chi connectivity index (χ2v) is 7.45. The van der Waals surface area contributed by atoms with Gasteiger partial charge in [-0.15, -0.1) is 0 Å². The Labute approximate surface area is 156 Å². The number of aromatic nitrogens is 3. The van der Waals surface area contributed by atoms with Crippen LogP contribution in [0.15, 0.2) is 39.5 Å². The van der Waals surface area contributed by atoms with Crippen molar-refractivity contribution >= 4 is 5.91 Å². The van der Waals surface area contributed by atoms with Crippen molar-refractivity contribution in [2.45, 2.75) is 57.0 Å². The Morgan fingerprint density at radius 1 is 1.19 bits per heavy atom. The second-order valence-electron chi connectivity index (χ2n) is 7.45. The zero-order chi connectivity index (χ0) is 18.2. The third-order valence-electron chi connectivity index (χ3n) is 5.42. The van der Waals surface area contributed by atoms with Crippen molar-refractivity contribution in [1.29, 1.82) is 0 Å². The van der Waals surface area contributed by atoms with Crippen LogP contribution in [0, 0.1) is 0 Å². The number of carbonyl (C=O) groups excluding carboxylic acids is 1. The summed E-state index contributed by atoms with van der Waals surface area (Å²) in [5, 5.41) is 11.5. The lowest BCUT2D eigenvalue weighted by atomic mass is 10.2. The van der Waals surface area contributed by atoms with Crippen LogP contribution in [0.25, 0.3) is 11.5 Å². The molecule has 2 saturated carbocycles. The highest BCUT2D eigenvalue weighted by atomic mass is 16.5. The molecule has 0 radical (unpaired) electrons. The maximum Gasteiger partial charge on any atom is 0.273 e. The molecule has 7 nitrogen and oxygen atoms in total. The average molecular weight is 366 g/mol. The monoisotopic (exact) mass is 366 g/mol. The van der Waals surface area contributed by atoms with Crippen molar-refractivity contribution in [2.75, 3.05) is 0 Å². The maximum atomic E-state index is 12.4. The van der Waals surface area contributed by atoms with E-state index in [1.54, 1.807) is 24.5 Å². The molecule has 2 aliphatic rings. The van der Waals surface area contributed by atoms with Gasteiger partial charge < -0.3 is 14.3 Å². The van der Waals surface area contributed by atoms with Crippen LogP contribution >= 0.6 is 0 Å². The van der Waals surface area contributed by atoms with Gasteiger partial charge in [-0.25, -0.2) is 0 Å². The molecule has 0 bridgehead atoms. The third-order valence-corrected chi connectivity index (χ3v) is 5.42. The predicted octanol–water partition coefficient (Wildman–Crippen LogP) is 4.05. The van der Waals surface area contributed by atoms with Crippen molar-refractivity contribution in [3.63, 3.8) is 0 Å². The van der Waals surface area contributed by atoms with Gasteiger partial charge in [0.15, 0.2) is 11.5 Å². The Kier molecular flexibility index (Phi) is 4.07. The van der Waals surface area contributed by atoms with Crippen LogP contribution in [-0.4, -0.2) is 20.8 Å². The van der Waals surface area contributed by atoms with E-state index >= 15 is 0 Å². The van der Waals surface area contributed by atoms with Gasteiger partial charge in [-0.05, 0) is 43.9 Å². The average Bonchev–Trinajstić information content (AvgIpc) is 3.22. The molecule has 7 heteroatoms. The Balaban J connectivity index is 1.27. The van der Waals surface area contributed by atoms with Crippen molar-refractivity contribution < 1.29 is 13.7 Å². The van der Waals surface area contributed by atoms with Gasteiger partial charge >= 0.3 is 0 Å². The number of nitrogens with one attached hydrogen (secondary N) is 1. The summed E-state index contributed by atoms with van der Waals surface area (Å²) in [5.74, 6) is 1.35. The van der Waals surface area contributed by atoms with Crippen molar-refractivity contribution in [1.82, 2.24) is 20.3 Å². The van der Waals surface area contributed by atoms with Crippen LogP contribution in [-0.2, 0) is 6.54 Å². The lowest BCUT2D eigenvalue weighted by Gasteiger charge is -2.13. The Morgan fingerprint density at radius 2 is 2.04 bits per heavy atom. The molecule has 0 aromatic carbocycles. The number of rotatable bonds is 6. The molecule has 2 fully saturated rings. The van der Waals surface area contributed by atoms with Gasteiger partial charge in [0.2, 0.25) is 5.76 Å². The molecule has 2 aliphatic carbocycles. The van der Waals surface area contributed by atoms with E-state index in [0.29, 0.717) is 30.0 Å². The molecule has 140 valence electrons. The summed E-state index contributed by atoms with van der Waals surface area (Å²) in [7, 11) is 0. The Hall–Kier alpha value is -2.83. The standard InChI is InChI=1S/C20H22N4O3/c25-20(16-11-19(27-23-16)18-6-3-9-26-18)21-12-14-10-17(13-7-8-13)24(22-14)15-4-1-2-5-15/h3,6,9-11,13,15H,1-2,4-5,7-8,12H2,(H,21,25). The summed E-state index contributed by atoms with van der Waals surface area (Å²) < 4.78 is 12.7. The largest absolute Gasteiger partial charge is 0.461 e. The predicted molar refractivity (Wildman–Crippen MR) is 97.1 cm³/mol. The molecule has 3 aromatic rings. The summed E-state index contributed by atoms with van der Waals surface area (Å²) in [6, 6.07) is 7.79. The van der Waals surface area contributed by atoms with Crippen LogP contribution < -0.4 is 5.32 Å². The van der Waals surface area contributed by atoms with Gasteiger partial charge in [0.05, 0.1) is 24.5 Å². The zero-order valence-electron chi connectivity index (χ0n) is 15.1. The van der Waals surface area contributed by atoms with E-state index in [-0.39, 0.29) is 11.6 Å². The first-order chi connectivity index (χ1) is 13.3. The maximum absolute atomic E-state index is 12.4. The third kappa shape index (κ3) is 3.29. The van der Waals surface area contributed by atoms with E-state index in [9.17, 15) is 4.79 Å². The summed E-state index contributed by atoms with van der Waals surface area (Å²) in [6.07, 6.45) is 9.03. The van der Waals surface area contributed by atoms with E-state index in [2.05, 4.69) is 21.2 Å². The number of furan rings is 1. The molecule has 0 spiro atoms.